The Balaban J connectivity index is 1.66. The first kappa shape index (κ1) is 14.2. The number of thioether (sulfide) groups is 1. The summed E-state index contributed by atoms with van der Waals surface area (Å²) in [4.78, 5) is 25.2. The monoisotopic (exact) mass is 311 g/mol. The zero-order valence-electron chi connectivity index (χ0n) is 11.6. The van der Waals surface area contributed by atoms with Gasteiger partial charge in [-0.05, 0) is 25.7 Å². The predicted molar refractivity (Wildman–Crippen MR) is 75.7 cm³/mol. The first-order chi connectivity index (χ1) is 10.1. The van der Waals surface area contributed by atoms with Gasteiger partial charge in [-0.15, -0.1) is 11.8 Å². The van der Waals surface area contributed by atoms with Gasteiger partial charge < -0.3 is 14.9 Å². The molecule has 0 bridgehead atoms. The van der Waals surface area contributed by atoms with Crippen LogP contribution in [0.1, 0.15) is 24.3 Å². The number of hydrogen-bond acceptors (Lipinski definition) is 5. The quantitative estimate of drug-likeness (QED) is 0.873. The van der Waals surface area contributed by atoms with E-state index in [1.165, 1.54) is 4.90 Å². The Kier molecular flexibility index (Phi) is 3.79. The molecule has 2 N–H and O–H groups in total. The zero-order chi connectivity index (χ0) is 15.0. The lowest BCUT2D eigenvalue weighted by molar-refractivity contribution is -0.141. The molecule has 1 aliphatic heterocycles. The average molecular weight is 311 g/mol. The van der Waals surface area contributed by atoms with Crippen LogP contribution in [0.15, 0.2) is 10.6 Å². The SMILES string of the molecule is Cc1cc(CNC(=O)N2C(C(=O)O)CSC2C2CC2)no1. The van der Waals surface area contributed by atoms with Crippen molar-refractivity contribution in [3.8, 4) is 0 Å². The molecule has 8 heteroatoms. The van der Waals surface area contributed by atoms with Crippen molar-refractivity contribution in [2.24, 2.45) is 5.92 Å². The standard InChI is InChI=1S/C13H17N3O4S/c1-7-4-9(15-20-7)5-14-13(19)16-10(12(17)18)6-21-11(16)8-2-3-8/h4,8,10-11H,2-3,5-6H2,1H3,(H,14,19)(H,17,18). The van der Waals surface area contributed by atoms with Crippen molar-refractivity contribution in [3.63, 3.8) is 0 Å². The number of carboxylic acids is 1. The lowest BCUT2D eigenvalue weighted by Crippen LogP contribution is -2.50. The summed E-state index contributed by atoms with van der Waals surface area (Å²) >= 11 is 1.56. The van der Waals surface area contributed by atoms with E-state index in [4.69, 9.17) is 4.52 Å². The highest BCUT2D eigenvalue weighted by Gasteiger charge is 2.48. The first-order valence-corrected chi connectivity index (χ1v) is 7.94. The Morgan fingerprint density at radius 1 is 1.57 bits per heavy atom. The summed E-state index contributed by atoms with van der Waals surface area (Å²) in [5.74, 6) is 0.611. The molecular formula is C13H17N3O4S. The molecule has 2 atom stereocenters. The van der Waals surface area contributed by atoms with E-state index in [-0.39, 0.29) is 17.9 Å². The summed E-state index contributed by atoms with van der Waals surface area (Å²) in [5.41, 5.74) is 0.627. The third-order valence-corrected chi connectivity index (χ3v) is 5.14. The van der Waals surface area contributed by atoms with Crippen LogP contribution in [0.5, 0.6) is 0 Å². The predicted octanol–water partition coefficient (Wildman–Crippen LogP) is 1.43. The summed E-state index contributed by atoms with van der Waals surface area (Å²) in [7, 11) is 0. The van der Waals surface area contributed by atoms with Gasteiger partial charge in [0, 0.05) is 11.8 Å². The maximum atomic E-state index is 12.4. The number of hydrogen-bond donors (Lipinski definition) is 2. The molecule has 0 aromatic carbocycles. The number of aromatic nitrogens is 1. The van der Waals surface area contributed by atoms with Crippen LogP contribution in [0.2, 0.25) is 0 Å². The molecule has 7 nitrogen and oxygen atoms in total. The molecule has 2 amide bonds. The second-order valence-corrected chi connectivity index (χ2v) is 6.56. The molecular weight excluding hydrogens is 294 g/mol. The smallest absolute Gasteiger partial charge is 0.327 e. The number of aryl methyl sites for hydroxylation is 1. The van der Waals surface area contributed by atoms with Gasteiger partial charge in [0.25, 0.3) is 0 Å². The minimum absolute atomic E-state index is 0.0230. The van der Waals surface area contributed by atoms with Gasteiger partial charge in [0.2, 0.25) is 0 Å². The molecule has 0 radical (unpaired) electrons. The van der Waals surface area contributed by atoms with Crippen LogP contribution >= 0.6 is 11.8 Å². The normalized spacial score (nSPS) is 25.1. The Morgan fingerprint density at radius 2 is 2.33 bits per heavy atom. The van der Waals surface area contributed by atoms with E-state index in [9.17, 15) is 14.7 Å². The molecule has 1 saturated heterocycles. The summed E-state index contributed by atoms with van der Waals surface area (Å²) in [5, 5.41) is 15.8. The molecule has 114 valence electrons. The van der Waals surface area contributed by atoms with E-state index in [0.717, 1.165) is 12.8 Å². The van der Waals surface area contributed by atoms with Crippen molar-refractivity contribution in [1.29, 1.82) is 0 Å². The lowest BCUT2D eigenvalue weighted by atomic mass is 10.2. The molecule has 1 saturated carbocycles. The van der Waals surface area contributed by atoms with E-state index < -0.39 is 12.0 Å². The minimum atomic E-state index is -0.946. The minimum Gasteiger partial charge on any atom is -0.480 e. The van der Waals surface area contributed by atoms with Crippen molar-refractivity contribution in [3.05, 3.63) is 17.5 Å². The number of amides is 2. The van der Waals surface area contributed by atoms with E-state index in [0.29, 0.717) is 23.1 Å². The number of carboxylic acid groups (broad SMARTS) is 1. The lowest BCUT2D eigenvalue weighted by Gasteiger charge is -2.27. The molecule has 2 aliphatic rings. The zero-order valence-corrected chi connectivity index (χ0v) is 12.4. The van der Waals surface area contributed by atoms with Crippen molar-refractivity contribution >= 4 is 23.8 Å². The van der Waals surface area contributed by atoms with Crippen LogP contribution in [0.3, 0.4) is 0 Å². The Hall–Kier alpha value is -1.70. The van der Waals surface area contributed by atoms with E-state index in [2.05, 4.69) is 10.5 Å². The fraction of sp³-hybridized carbons (Fsp3) is 0.615. The number of nitrogens with zero attached hydrogens (tertiary/aromatic N) is 2. The highest BCUT2D eigenvalue weighted by atomic mass is 32.2. The van der Waals surface area contributed by atoms with Crippen LogP contribution in [-0.2, 0) is 11.3 Å². The molecule has 1 aromatic heterocycles. The fourth-order valence-corrected chi connectivity index (χ4v) is 4.11. The van der Waals surface area contributed by atoms with Gasteiger partial charge in [-0.2, -0.15) is 0 Å². The van der Waals surface area contributed by atoms with E-state index in [1.807, 2.05) is 0 Å². The third-order valence-electron chi connectivity index (χ3n) is 3.68. The van der Waals surface area contributed by atoms with Crippen LogP contribution < -0.4 is 5.32 Å². The van der Waals surface area contributed by atoms with Crippen LogP contribution in [0.25, 0.3) is 0 Å². The summed E-state index contributed by atoms with van der Waals surface area (Å²) in [6.07, 6.45) is 2.13. The Morgan fingerprint density at radius 3 is 2.90 bits per heavy atom. The second kappa shape index (κ2) is 5.59. The van der Waals surface area contributed by atoms with Gasteiger partial charge in [-0.25, -0.2) is 9.59 Å². The molecule has 1 aliphatic carbocycles. The van der Waals surface area contributed by atoms with Gasteiger partial charge in [0.1, 0.15) is 17.5 Å². The average Bonchev–Trinajstić information content (AvgIpc) is 3.04. The number of carbonyl (C=O) groups excluding carboxylic acids is 1. The molecule has 21 heavy (non-hydrogen) atoms. The molecule has 2 fully saturated rings. The first-order valence-electron chi connectivity index (χ1n) is 6.89. The number of rotatable bonds is 4. The Labute approximate surface area is 126 Å². The van der Waals surface area contributed by atoms with Gasteiger partial charge in [-0.1, -0.05) is 5.16 Å². The fourth-order valence-electron chi connectivity index (χ4n) is 2.48. The van der Waals surface area contributed by atoms with E-state index in [1.54, 1.807) is 24.8 Å². The van der Waals surface area contributed by atoms with Gasteiger partial charge in [0.15, 0.2) is 0 Å². The largest absolute Gasteiger partial charge is 0.480 e. The molecule has 0 spiro atoms. The number of aliphatic carboxylic acids is 1. The highest BCUT2D eigenvalue weighted by molar-refractivity contribution is 8.00. The summed E-state index contributed by atoms with van der Waals surface area (Å²) in [6.45, 7) is 2.01. The topological polar surface area (TPSA) is 95.7 Å². The summed E-state index contributed by atoms with van der Waals surface area (Å²) in [6, 6.07) is 0.649. The second-order valence-electron chi connectivity index (χ2n) is 5.41. The maximum Gasteiger partial charge on any atom is 0.327 e. The van der Waals surface area contributed by atoms with Crippen LogP contribution in [0.4, 0.5) is 4.79 Å². The van der Waals surface area contributed by atoms with Crippen molar-refractivity contribution in [2.75, 3.05) is 5.75 Å². The molecule has 2 heterocycles. The van der Waals surface area contributed by atoms with Crippen LogP contribution in [0, 0.1) is 12.8 Å². The molecule has 2 unspecified atom stereocenters. The van der Waals surface area contributed by atoms with Gasteiger partial charge in [-0.3, -0.25) is 4.90 Å². The van der Waals surface area contributed by atoms with Crippen molar-refractivity contribution in [2.45, 2.75) is 37.7 Å². The highest BCUT2D eigenvalue weighted by Crippen LogP contribution is 2.45. The van der Waals surface area contributed by atoms with Gasteiger partial charge in [0.05, 0.1) is 11.9 Å². The Bertz CT molecular complexity index is 557. The summed E-state index contributed by atoms with van der Waals surface area (Å²) < 4.78 is 4.94. The number of nitrogens with one attached hydrogen (secondary N) is 1. The van der Waals surface area contributed by atoms with E-state index >= 15 is 0 Å². The third kappa shape index (κ3) is 2.99. The number of urea groups is 1. The van der Waals surface area contributed by atoms with Crippen LogP contribution in [-0.4, -0.2) is 44.3 Å². The van der Waals surface area contributed by atoms with Crippen molar-refractivity contribution < 1.29 is 19.2 Å². The molecule has 1 aromatic rings. The van der Waals surface area contributed by atoms with Crippen molar-refractivity contribution in [1.82, 2.24) is 15.4 Å². The maximum absolute atomic E-state index is 12.4. The van der Waals surface area contributed by atoms with Gasteiger partial charge >= 0.3 is 12.0 Å². The number of carbonyl (C=O) groups is 2. The molecule has 3 rings (SSSR count).